The SMILES string of the molecule is Cc1cnc(C)c(NC(=O)N(C)Cc2cc3ccccc3[nH]2)c1. The van der Waals surface area contributed by atoms with Gasteiger partial charge in [0.2, 0.25) is 0 Å². The minimum Gasteiger partial charge on any atom is -0.357 e. The van der Waals surface area contributed by atoms with E-state index in [-0.39, 0.29) is 6.03 Å². The zero-order valence-corrected chi connectivity index (χ0v) is 13.6. The number of hydrogen-bond donors (Lipinski definition) is 2. The van der Waals surface area contributed by atoms with Crippen LogP contribution < -0.4 is 5.32 Å². The quantitative estimate of drug-likeness (QED) is 0.772. The molecule has 0 radical (unpaired) electrons. The van der Waals surface area contributed by atoms with Crippen molar-refractivity contribution in [2.75, 3.05) is 12.4 Å². The molecule has 0 aliphatic rings. The maximum atomic E-state index is 12.4. The molecule has 2 aromatic heterocycles. The Kier molecular flexibility index (Phi) is 4.02. The van der Waals surface area contributed by atoms with Crippen LogP contribution in [0.3, 0.4) is 0 Å². The van der Waals surface area contributed by atoms with Crippen molar-refractivity contribution in [2.24, 2.45) is 0 Å². The van der Waals surface area contributed by atoms with E-state index in [2.05, 4.69) is 27.4 Å². The number of aromatic nitrogens is 2. The number of nitrogens with one attached hydrogen (secondary N) is 2. The number of H-pyrrole nitrogens is 1. The molecule has 5 nitrogen and oxygen atoms in total. The number of rotatable bonds is 3. The summed E-state index contributed by atoms with van der Waals surface area (Å²) in [5.41, 5.74) is 4.66. The third-order valence-corrected chi connectivity index (χ3v) is 3.81. The molecule has 0 saturated heterocycles. The van der Waals surface area contributed by atoms with Crippen LogP contribution in [-0.2, 0) is 6.54 Å². The van der Waals surface area contributed by atoms with Crippen LogP contribution in [0.4, 0.5) is 10.5 Å². The average molecular weight is 308 g/mol. The molecule has 1 aromatic carbocycles. The summed E-state index contributed by atoms with van der Waals surface area (Å²) >= 11 is 0. The number of aromatic amines is 1. The van der Waals surface area contributed by atoms with Gasteiger partial charge in [-0.1, -0.05) is 18.2 Å². The Balaban J connectivity index is 1.71. The Bertz CT molecular complexity index is 820. The highest BCUT2D eigenvalue weighted by Crippen LogP contribution is 2.17. The summed E-state index contributed by atoms with van der Waals surface area (Å²) in [7, 11) is 1.78. The Morgan fingerprint density at radius 3 is 2.83 bits per heavy atom. The zero-order valence-electron chi connectivity index (χ0n) is 13.6. The van der Waals surface area contributed by atoms with Crippen LogP contribution in [0, 0.1) is 13.8 Å². The highest BCUT2D eigenvalue weighted by atomic mass is 16.2. The Morgan fingerprint density at radius 2 is 2.04 bits per heavy atom. The second-order valence-corrected chi connectivity index (χ2v) is 5.81. The van der Waals surface area contributed by atoms with Gasteiger partial charge in [0.15, 0.2) is 0 Å². The summed E-state index contributed by atoms with van der Waals surface area (Å²) in [6.07, 6.45) is 1.79. The molecule has 118 valence electrons. The molecule has 0 saturated carbocycles. The Hall–Kier alpha value is -2.82. The lowest BCUT2D eigenvalue weighted by Gasteiger charge is -2.18. The predicted octanol–water partition coefficient (Wildman–Crippen LogP) is 3.84. The number of carbonyl (C=O) groups excluding carboxylic acids is 1. The minimum atomic E-state index is -0.154. The number of amides is 2. The maximum Gasteiger partial charge on any atom is 0.321 e. The molecule has 23 heavy (non-hydrogen) atoms. The lowest BCUT2D eigenvalue weighted by Crippen LogP contribution is -2.31. The van der Waals surface area contributed by atoms with Crippen LogP contribution in [0.1, 0.15) is 17.0 Å². The zero-order chi connectivity index (χ0) is 16.4. The first-order valence-electron chi connectivity index (χ1n) is 7.55. The third kappa shape index (κ3) is 3.34. The summed E-state index contributed by atoms with van der Waals surface area (Å²) in [6.45, 7) is 4.35. The standard InChI is InChI=1S/C18H20N4O/c1-12-8-17(13(2)19-10-12)21-18(23)22(3)11-15-9-14-6-4-5-7-16(14)20-15/h4-10,20H,11H2,1-3H3,(H,21,23). The molecule has 0 bridgehead atoms. The van der Waals surface area contributed by atoms with Gasteiger partial charge in [-0.3, -0.25) is 4.98 Å². The van der Waals surface area contributed by atoms with Gasteiger partial charge in [0, 0.05) is 24.5 Å². The first kappa shape index (κ1) is 15.1. The molecule has 3 rings (SSSR count). The van der Waals surface area contributed by atoms with Crippen LogP contribution >= 0.6 is 0 Å². The smallest absolute Gasteiger partial charge is 0.321 e. The van der Waals surface area contributed by atoms with E-state index in [0.717, 1.165) is 33.5 Å². The van der Waals surface area contributed by atoms with Crippen molar-refractivity contribution in [3.63, 3.8) is 0 Å². The number of hydrogen-bond acceptors (Lipinski definition) is 2. The monoisotopic (exact) mass is 308 g/mol. The summed E-state index contributed by atoms with van der Waals surface area (Å²) in [5.74, 6) is 0. The molecule has 2 heterocycles. The van der Waals surface area contributed by atoms with Crippen molar-refractivity contribution in [2.45, 2.75) is 20.4 Å². The topological polar surface area (TPSA) is 61.0 Å². The van der Waals surface area contributed by atoms with Gasteiger partial charge >= 0.3 is 6.03 Å². The fraction of sp³-hybridized carbons (Fsp3) is 0.222. The molecule has 5 heteroatoms. The van der Waals surface area contributed by atoms with Gasteiger partial charge in [0.25, 0.3) is 0 Å². The third-order valence-electron chi connectivity index (χ3n) is 3.81. The second-order valence-electron chi connectivity index (χ2n) is 5.81. The fourth-order valence-corrected chi connectivity index (χ4v) is 2.52. The van der Waals surface area contributed by atoms with Crippen LogP contribution in [-0.4, -0.2) is 27.9 Å². The molecular weight excluding hydrogens is 288 g/mol. The van der Waals surface area contributed by atoms with Crippen LogP contribution in [0.5, 0.6) is 0 Å². The molecular formula is C18H20N4O. The number of para-hydroxylation sites is 1. The lowest BCUT2D eigenvalue weighted by atomic mass is 10.2. The molecule has 0 atom stereocenters. The normalized spacial score (nSPS) is 10.7. The molecule has 0 aliphatic heterocycles. The van der Waals surface area contributed by atoms with E-state index in [0.29, 0.717) is 6.54 Å². The Morgan fingerprint density at radius 1 is 1.26 bits per heavy atom. The van der Waals surface area contributed by atoms with Crippen molar-refractivity contribution >= 4 is 22.6 Å². The van der Waals surface area contributed by atoms with E-state index in [9.17, 15) is 4.79 Å². The molecule has 0 unspecified atom stereocenters. The Labute approximate surface area is 135 Å². The van der Waals surface area contributed by atoms with E-state index in [4.69, 9.17) is 0 Å². The molecule has 0 fully saturated rings. The number of pyridine rings is 1. The number of benzene rings is 1. The number of carbonyl (C=O) groups is 1. The van der Waals surface area contributed by atoms with E-state index in [1.54, 1.807) is 18.1 Å². The van der Waals surface area contributed by atoms with Gasteiger partial charge in [-0.2, -0.15) is 0 Å². The van der Waals surface area contributed by atoms with Crippen molar-refractivity contribution in [1.82, 2.24) is 14.9 Å². The van der Waals surface area contributed by atoms with Crippen molar-refractivity contribution in [3.05, 3.63) is 59.5 Å². The second kappa shape index (κ2) is 6.12. The fourth-order valence-electron chi connectivity index (χ4n) is 2.52. The average Bonchev–Trinajstić information content (AvgIpc) is 2.93. The van der Waals surface area contributed by atoms with Crippen LogP contribution in [0.2, 0.25) is 0 Å². The molecule has 0 spiro atoms. The first-order valence-corrected chi connectivity index (χ1v) is 7.55. The molecule has 2 amide bonds. The first-order chi connectivity index (χ1) is 11.0. The highest BCUT2D eigenvalue weighted by Gasteiger charge is 2.12. The lowest BCUT2D eigenvalue weighted by molar-refractivity contribution is 0.220. The van der Waals surface area contributed by atoms with Gasteiger partial charge in [0.05, 0.1) is 17.9 Å². The number of urea groups is 1. The predicted molar refractivity (Wildman–Crippen MR) is 92.5 cm³/mol. The van der Waals surface area contributed by atoms with Gasteiger partial charge in [-0.05, 0) is 43.0 Å². The van der Waals surface area contributed by atoms with Gasteiger partial charge in [-0.15, -0.1) is 0 Å². The number of aryl methyl sites for hydroxylation is 2. The van der Waals surface area contributed by atoms with Gasteiger partial charge in [0.1, 0.15) is 0 Å². The van der Waals surface area contributed by atoms with Crippen molar-refractivity contribution in [3.8, 4) is 0 Å². The van der Waals surface area contributed by atoms with E-state index in [1.807, 2.05) is 38.1 Å². The summed E-state index contributed by atoms with van der Waals surface area (Å²) in [6, 6.07) is 11.9. The molecule has 0 aliphatic carbocycles. The van der Waals surface area contributed by atoms with Crippen molar-refractivity contribution in [1.29, 1.82) is 0 Å². The summed E-state index contributed by atoms with van der Waals surface area (Å²) in [5, 5.41) is 4.06. The minimum absolute atomic E-state index is 0.154. The van der Waals surface area contributed by atoms with Crippen LogP contribution in [0.25, 0.3) is 10.9 Å². The number of nitrogens with zero attached hydrogens (tertiary/aromatic N) is 2. The number of fused-ring (bicyclic) bond motifs is 1. The largest absolute Gasteiger partial charge is 0.357 e. The highest BCUT2D eigenvalue weighted by molar-refractivity contribution is 5.90. The molecule has 2 N–H and O–H groups in total. The number of anilines is 1. The van der Waals surface area contributed by atoms with Gasteiger partial charge < -0.3 is 15.2 Å². The van der Waals surface area contributed by atoms with Crippen molar-refractivity contribution < 1.29 is 4.79 Å². The summed E-state index contributed by atoms with van der Waals surface area (Å²) < 4.78 is 0. The van der Waals surface area contributed by atoms with E-state index in [1.165, 1.54) is 0 Å². The maximum absolute atomic E-state index is 12.4. The summed E-state index contributed by atoms with van der Waals surface area (Å²) in [4.78, 5) is 21.6. The molecule has 3 aromatic rings. The van der Waals surface area contributed by atoms with Crippen LogP contribution in [0.15, 0.2) is 42.6 Å². The van der Waals surface area contributed by atoms with E-state index < -0.39 is 0 Å². The van der Waals surface area contributed by atoms with E-state index >= 15 is 0 Å². The van der Waals surface area contributed by atoms with Gasteiger partial charge in [-0.25, -0.2) is 4.79 Å².